The van der Waals surface area contributed by atoms with Gasteiger partial charge in [-0.15, -0.1) is 0 Å². The fourth-order valence-electron chi connectivity index (χ4n) is 2.74. The van der Waals surface area contributed by atoms with Gasteiger partial charge in [-0.1, -0.05) is 31.5 Å². The molecule has 1 aromatic heterocycles. The summed E-state index contributed by atoms with van der Waals surface area (Å²) < 4.78 is 5.76. The van der Waals surface area contributed by atoms with E-state index in [0.717, 1.165) is 5.56 Å². The fourth-order valence-corrected chi connectivity index (χ4v) is 2.74. The molecule has 136 valence electrons. The Hall–Kier alpha value is -3.09. The molecular weight excluding hydrogens is 332 g/mol. The van der Waals surface area contributed by atoms with E-state index in [2.05, 4.69) is 10.3 Å². The molecule has 0 radical (unpaired) electrons. The SMILES string of the molecule is Cc1ccc(NC(=O)CN2C(=O)C(C(C)C)Oc3ccc(N)nc32)cc1. The van der Waals surface area contributed by atoms with Crippen LogP contribution in [0.5, 0.6) is 5.75 Å². The van der Waals surface area contributed by atoms with Crippen molar-refractivity contribution in [2.24, 2.45) is 5.92 Å². The minimum absolute atomic E-state index is 0.0455. The van der Waals surface area contributed by atoms with Gasteiger partial charge in [-0.25, -0.2) is 4.98 Å². The standard InChI is InChI=1S/C19H22N4O3/c1-11(2)17-19(25)23(18-14(26-17)8-9-15(20)22-18)10-16(24)21-13-6-4-12(3)5-7-13/h4-9,11,17H,10H2,1-3H3,(H2,20,22)(H,21,24). The molecule has 1 aliphatic rings. The maximum Gasteiger partial charge on any atom is 0.270 e. The smallest absolute Gasteiger partial charge is 0.270 e. The number of pyridine rings is 1. The van der Waals surface area contributed by atoms with Crippen molar-refractivity contribution in [1.82, 2.24) is 4.98 Å². The van der Waals surface area contributed by atoms with Gasteiger partial charge in [0.2, 0.25) is 5.91 Å². The Morgan fingerprint density at radius 2 is 1.96 bits per heavy atom. The molecule has 7 nitrogen and oxygen atoms in total. The van der Waals surface area contributed by atoms with Crippen LogP contribution in [-0.4, -0.2) is 29.4 Å². The lowest BCUT2D eigenvalue weighted by Gasteiger charge is -2.34. The van der Waals surface area contributed by atoms with Gasteiger partial charge in [-0.3, -0.25) is 14.5 Å². The molecule has 0 fully saturated rings. The van der Waals surface area contributed by atoms with Crippen molar-refractivity contribution in [2.45, 2.75) is 26.9 Å². The largest absolute Gasteiger partial charge is 0.476 e. The van der Waals surface area contributed by atoms with E-state index in [1.165, 1.54) is 4.90 Å². The Morgan fingerprint density at radius 1 is 1.27 bits per heavy atom. The number of aryl methyl sites for hydroxylation is 1. The molecule has 7 heteroatoms. The van der Waals surface area contributed by atoms with Crippen molar-refractivity contribution >= 4 is 29.1 Å². The maximum absolute atomic E-state index is 12.8. The normalized spacial score (nSPS) is 16.2. The summed E-state index contributed by atoms with van der Waals surface area (Å²) in [6.45, 7) is 5.59. The first kappa shape index (κ1) is 17.7. The number of aromatic nitrogens is 1. The van der Waals surface area contributed by atoms with Crippen molar-refractivity contribution in [2.75, 3.05) is 22.5 Å². The van der Waals surface area contributed by atoms with Crippen LogP contribution in [0.1, 0.15) is 19.4 Å². The molecular formula is C19H22N4O3. The summed E-state index contributed by atoms with van der Waals surface area (Å²) >= 11 is 0. The van der Waals surface area contributed by atoms with Crippen molar-refractivity contribution < 1.29 is 14.3 Å². The lowest BCUT2D eigenvalue weighted by Crippen LogP contribution is -2.51. The van der Waals surface area contributed by atoms with Gasteiger partial charge in [-0.05, 0) is 37.1 Å². The monoisotopic (exact) mass is 354 g/mol. The van der Waals surface area contributed by atoms with Gasteiger partial charge in [0.15, 0.2) is 17.7 Å². The van der Waals surface area contributed by atoms with Crippen LogP contribution < -0.4 is 20.7 Å². The highest BCUT2D eigenvalue weighted by Gasteiger charge is 2.38. The average molecular weight is 354 g/mol. The molecule has 2 aromatic rings. The number of nitrogens with two attached hydrogens (primary N) is 1. The number of benzene rings is 1. The number of ether oxygens (including phenoxy) is 1. The molecule has 1 unspecified atom stereocenters. The Balaban J connectivity index is 1.84. The van der Waals surface area contributed by atoms with Crippen molar-refractivity contribution in [1.29, 1.82) is 0 Å². The molecule has 1 aromatic carbocycles. The van der Waals surface area contributed by atoms with Gasteiger partial charge in [0.05, 0.1) is 0 Å². The molecule has 1 aliphatic heterocycles. The first-order valence-electron chi connectivity index (χ1n) is 8.46. The second kappa shape index (κ2) is 7.03. The van der Waals surface area contributed by atoms with E-state index in [1.807, 2.05) is 45.0 Å². The molecule has 0 aliphatic carbocycles. The van der Waals surface area contributed by atoms with Crippen molar-refractivity contribution in [3.8, 4) is 5.75 Å². The minimum atomic E-state index is -0.667. The Labute approximate surface area is 152 Å². The third-order valence-corrected chi connectivity index (χ3v) is 4.12. The van der Waals surface area contributed by atoms with Crippen LogP contribution in [0.4, 0.5) is 17.3 Å². The first-order valence-corrected chi connectivity index (χ1v) is 8.46. The number of carbonyl (C=O) groups is 2. The molecule has 0 spiro atoms. The summed E-state index contributed by atoms with van der Waals surface area (Å²) in [7, 11) is 0. The Morgan fingerprint density at radius 3 is 2.62 bits per heavy atom. The van der Waals surface area contributed by atoms with Crippen LogP contribution in [0.25, 0.3) is 0 Å². The lowest BCUT2D eigenvalue weighted by molar-refractivity contribution is -0.129. The number of carbonyl (C=O) groups excluding carboxylic acids is 2. The maximum atomic E-state index is 12.8. The number of nitrogen functional groups attached to an aromatic ring is 1. The zero-order valence-corrected chi connectivity index (χ0v) is 15.0. The number of hydrogen-bond donors (Lipinski definition) is 2. The van der Waals surface area contributed by atoms with Crippen molar-refractivity contribution in [3.05, 3.63) is 42.0 Å². The Kier molecular flexibility index (Phi) is 4.79. The van der Waals surface area contributed by atoms with E-state index in [1.54, 1.807) is 12.1 Å². The number of nitrogens with one attached hydrogen (secondary N) is 1. The fraction of sp³-hybridized carbons (Fsp3) is 0.316. The summed E-state index contributed by atoms with van der Waals surface area (Å²) in [5, 5.41) is 2.79. The topological polar surface area (TPSA) is 97.5 Å². The average Bonchev–Trinajstić information content (AvgIpc) is 2.59. The number of fused-ring (bicyclic) bond motifs is 1. The summed E-state index contributed by atoms with van der Waals surface area (Å²) in [4.78, 5) is 30.8. The van der Waals surface area contributed by atoms with Gasteiger partial charge in [0, 0.05) is 5.69 Å². The van der Waals surface area contributed by atoms with Gasteiger partial charge < -0.3 is 15.8 Å². The van der Waals surface area contributed by atoms with Crippen LogP contribution in [0.3, 0.4) is 0 Å². The minimum Gasteiger partial charge on any atom is -0.476 e. The van der Waals surface area contributed by atoms with Crippen LogP contribution in [0.15, 0.2) is 36.4 Å². The summed E-state index contributed by atoms with van der Waals surface area (Å²) in [5.41, 5.74) is 7.51. The molecule has 0 saturated heterocycles. The number of rotatable bonds is 4. The second-order valence-electron chi connectivity index (χ2n) is 6.68. The number of anilines is 3. The highest BCUT2D eigenvalue weighted by Crippen LogP contribution is 2.34. The molecule has 0 saturated carbocycles. The number of nitrogens with zero attached hydrogens (tertiary/aromatic N) is 2. The van der Waals surface area contributed by atoms with Gasteiger partial charge in [0.25, 0.3) is 5.91 Å². The zero-order chi connectivity index (χ0) is 18.8. The predicted octanol–water partition coefficient (Wildman–Crippen LogP) is 2.36. The summed E-state index contributed by atoms with van der Waals surface area (Å²) in [6.07, 6.45) is -0.667. The van der Waals surface area contributed by atoms with E-state index >= 15 is 0 Å². The van der Waals surface area contributed by atoms with Gasteiger partial charge in [-0.2, -0.15) is 0 Å². The van der Waals surface area contributed by atoms with E-state index in [4.69, 9.17) is 10.5 Å². The number of amides is 2. The molecule has 2 amide bonds. The van der Waals surface area contributed by atoms with Crippen LogP contribution >= 0.6 is 0 Å². The lowest BCUT2D eigenvalue weighted by atomic mass is 10.0. The summed E-state index contributed by atoms with van der Waals surface area (Å²) in [5.74, 6) is 0.306. The molecule has 0 bridgehead atoms. The third kappa shape index (κ3) is 3.61. The predicted molar refractivity (Wildman–Crippen MR) is 100 cm³/mol. The van der Waals surface area contributed by atoms with Gasteiger partial charge in [0.1, 0.15) is 12.4 Å². The molecule has 26 heavy (non-hydrogen) atoms. The first-order chi connectivity index (χ1) is 12.3. The second-order valence-corrected chi connectivity index (χ2v) is 6.68. The highest BCUT2D eigenvalue weighted by atomic mass is 16.5. The van der Waals surface area contributed by atoms with Crippen LogP contribution in [-0.2, 0) is 9.59 Å². The Bertz CT molecular complexity index is 833. The van der Waals surface area contributed by atoms with E-state index in [-0.39, 0.29) is 35.9 Å². The highest BCUT2D eigenvalue weighted by molar-refractivity contribution is 6.05. The number of hydrogen-bond acceptors (Lipinski definition) is 5. The molecule has 3 rings (SSSR count). The van der Waals surface area contributed by atoms with E-state index in [9.17, 15) is 9.59 Å². The molecule has 1 atom stereocenters. The van der Waals surface area contributed by atoms with E-state index < -0.39 is 6.10 Å². The quantitative estimate of drug-likeness (QED) is 0.878. The molecule has 2 heterocycles. The third-order valence-electron chi connectivity index (χ3n) is 4.12. The van der Waals surface area contributed by atoms with Crippen LogP contribution in [0, 0.1) is 12.8 Å². The van der Waals surface area contributed by atoms with Crippen LogP contribution in [0.2, 0.25) is 0 Å². The molecule has 3 N–H and O–H groups in total. The van der Waals surface area contributed by atoms with Crippen molar-refractivity contribution in [3.63, 3.8) is 0 Å². The summed E-state index contributed by atoms with van der Waals surface area (Å²) in [6, 6.07) is 10.7. The van der Waals surface area contributed by atoms with Gasteiger partial charge >= 0.3 is 0 Å². The van der Waals surface area contributed by atoms with E-state index in [0.29, 0.717) is 11.4 Å². The zero-order valence-electron chi connectivity index (χ0n) is 15.0.